The van der Waals surface area contributed by atoms with E-state index in [-0.39, 0.29) is 11.8 Å². The number of hydrogen-bond acceptors (Lipinski definition) is 9. The van der Waals surface area contributed by atoms with Crippen LogP contribution < -0.4 is 15.1 Å². The van der Waals surface area contributed by atoms with Gasteiger partial charge in [0, 0.05) is 50.4 Å². The minimum absolute atomic E-state index is 0.00728. The number of piperidine rings is 1. The summed E-state index contributed by atoms with van der Waals surface area (Å²) in [5.74, 6) is 2.45. The molecule has 172 valence electrons. The predicted octanol–water partition coefficient (Wildman–Crippen LogP) is 0.822. The van der Waals surface area contributed by atoms with Crippen LogP contribution >= 0.6 is 0 Å². The van der Waals surface area contributed by atoms with Crippen molar-refractivity contribution in [3.05, 3.63) is 48.7 Å². The van der Waals surface area contributed by atoms with Crippen molar-refractivity contribution in [2.24, 2.45) is 5.92 Å². The van der Waals surface area contributed by atoms with E-state index < -0.39 is 0 Å². The number of aromatic nitrogens is 6. The molecule has 11 nitrogen and oxygen atoms in total. The lowest BCUT2D eigenvalue weighted by Crippen LogP contribution is -2.41. The fourth-order valence-electron chi connectivity index (χ4n) is 4.26. The molecule has 3 aromatic rings. The zero-order valence-corrected chi connectivity index (χ0v) is 18.4. The van der Waals surface area contributed by atoms with Crippen LogP contribution in [0.2, 0.25) is 0 Å². The Kier molecular flexibility index (Phi) is 6.38. The monoisotopic (exact) mass is 449 g/mol. The third-order valence-corrected chi connectivity index (χ3v) is 6.11. The Hall–Kier alpha value is -3.60. The molecule has 33 heavy (non-hydrogen) atoms. The molecule has 0 saturated carbocycles. The Morgan fingerprint density at radius 2 is 1.82 bits per heavy atom. The maximum atomic E-state index is 12.9. The number of hydrogen-bond donors (Lipinski definition) is 1. The number of ether oxygens (including phenoxy) is 1. The topological polar surface area (TPSA) is 114 Å². The van der Waals surface area contributed by atoms with E-state index in [1.54, 1.807) is 17.2 Å². The van der Waals surface area contributed by atoms with Crippen LogP contribution in [0.5, 0.6) is 0 Å². The molecule has 0 radical (unpaired) electrons. The smallest absolute Gasteiger partial charge is 0.223 e. The first-order valence-electron chi connectivity index (χ1n) is 11.3. The number of nitrogens with one attached hydrogen (secondary N) is 1. The van der Waals surface area contributed by atoms with Gasteiger partial charge in [0.15, 0.2) is 11.6 Å². The highest BCUT2D eigenvalue weighted by Crippen LogP contribution is 2.23. The lowest BCUT2D eigenvalue weighted by Gasteiger charge is -2.32. The van der Waals surface area contributed by atoms with Gasteiger partial charge in [-0.1, -0.05) is 6.07 Å². The third-order valence-electron chi connectivity index (χ3n) is 6.11. The quantitative estimate of drug-likeness (QED) is 0.584. The molecule has 5 heterocycles. The number of nitrogens with zero attached hydrogens (tertiary/aromatic N) is 8. The first-order chi connectivity index (χ1) is 16.3. The van der Waals surface area contributed by atoms with Crippen LogP contribution in [0.4, 0.5) is 11.6 Å². The lowest BCUT2D eigenvalue weighted by atomic mass is 9.96. The zero-order valence-electron chi connectivity index (χ0n) is 18.4. The molecular formula is C22H27N9O2. The Labute approximate surface area is 191 Å². The molecule has 0 spiro atoms. The minimum Gasteiger partial charge on any atom is -0.378 e. The molecule has 0 aromatic carbocycles. The third kappa shape index (κ3) is 4.92. The summed E-state index contributed by atoms with van der Waals surface area (Å²) < 4.78 is 7.01. The number of carbonyl (C=O) groups excluding carboxylic acids is 1. The van der Waals surface area contributed by atoms with Crippen LogP contribution in [-0.4, -0.2) is 75.2 Å². The summed E-state index contributed by atoms with van der Waals surface area (Å²) in [6, 6.07) is 7.75. The van der Waals surface area contributed by atoms with Crippen LogP contribution in [0.25, 0.3) is 5.82 Å². The van der Waals surface area contributed by atoms with E-state index in [9.17, 15) is 4.79 Å². The molecule has 11 heteroatoms. The van der Waals surface area contributed by atoms with Crippen molar-refractivity contribution in [1.82, 2.24) is 35.3 Å². The lowest BCUT2D eigenvalue weighted by molar-refractivity contribution is -0.125. The van der Waals surface area contributed by atoms with Gasteiger partial charge in [-0.2, -0.15) is 5.10 Å². The summed E-state index contributed by atoms with van der Waals surface area (Å²) >= 11 is 0. The van der Waals surface area contributed by atoms with Gasteiger partial charge in [-0.3, -0.25) is 4.79 Å². The Morgan fingerprint density at radius 3 is 2.55 bits per heavy atom. The van der Waals surface area contributed by atoms with Gasteiger partial charge in [-0.25, -0.2) is 14.6 Å². The molecular weight excluding hydrogens is 422 g/mol. The highest BCUT2D eigenvalue weighted by molar-refractivity contribution is 5.79. The molecule has 2 aliphatic heterocycles. The van der Waals surface area contributed by atoms with Crippen molar-refractivity contribution in [3.63, 3.8) is 0 Å². The highest BCUT2D eigenvalue weighted by Gasteiger charge is 2.26. The van der Waals surface area contributed by atoms with Gasteiger partial charge in [0.05, 0.1) is 13.2 Å². The van der Waals surface area contributed by atoms with Crippen molar-refractivity contribution in [2.75, 3.05) is 49.2 Å². The molecule has 1 amide bonds. The Morgan fingerprint density at radius 1 is 1.03 bits per heavy atom. The molecule has 5 rings (SSSR count). The highest BCUT2D eigenvalue weighted by atomic mass is 16.5. The van der Waals surface area contributed by atoms with Crippen LogP contribution in [0, 0.1) is 5.92 Å². The molecule has 2 fully saturated rings. The average Bonchev–Trinajstić information content (AvgIpc) is 3.43. The van der Waals surface area contributed by atoms with Gasteiger partial charge in [0.25, 0.3) is 0 Å². The average molecular weight is 450 g/mol. The fraction of sp³-hybridized carbons (Fsp3) is 0.455. The number of anilines is 2. The standard InChI is InChI=1S/C22H27N9O2/c32-22(25-14-18-2-1-7-24-21(18)30-10-12-33-13-11-30)17-5-8-29(9-6-17)19-3-4-20(28-27-19)31-16-23-15-26-31/h1-4,7,15-17H,5-6,8-14H2,(H,25,32). The largest absolute Gasteiger partial charge is 0.378 e. The molecule has 0 unspecified atom stereocenters. The van der Waals surface area contributed by atoms with Gasteiger partial charge in [0.2, 0.25) is 5.91 Å². The van der Waals surface area contributed by atoms with Gasteiger partial charge in [0.1, 0.15) is 18.5 Å². The summed E-state index contributed by atoms with van der Waals surface area (Å²) in [7, 11) is 0. The van der Waals surface area contributed by atoms with Crippen LogP contribution in [0.3, 0.4) is 0 Å². The van der Waals surface area contributed by atoms with E-state index in [2.05, 4.69) is 40.4 Å². The number of pyridine rings is 1. The van der Waals surface area contributed by atoms with Gasteiger partial charge in [-0.15, -0.1) is 10.2 Å². The number of amides is 1. The number of morpholine rings is 1. The maximum absolute atomic E-state index is 12.9. The van der Waals surface area contributed by atoms with Crippen LogP contribution in [-0.2, 0) is 16.1 Å². The van der Waals surface area contributed by atoms with E-state index in [4.69, 9.17) is 4.74 Å². The summed E-state index contributed by atoms with van der Waals surface area (Å²) in [4.78, 5) is 25.7. The second kappa shape index (κ2) is 9.90. The van der Waals surface area contributed by atoms with E-state index in [1.807, 2.05) is 24.3 Å². The summed E-state index contributed by atoms with van der Waals surface area (Å²) in [6.45, 7) is 5.05. The normalized spacial score (nSPS) is 17.2. The zero-order chi connectivity index (χ0) is 22.5. The molecule has 1 N–H and O–H groups in total. The predicted molar refractivity (Wildman–Crippen MR) is 121 cm³/mol. The molecule has 0 bridgehead atoms. The van der Waals surface area contributed by atoms with Crippen LogP contribution in [0.15, 0.2) is 43.1 Å². The van der Waals surface area contributed by atoms with E-state index in [0.717, 1.165) is 56.2 Å². The Bertz CT molecular complexity index is 1040. The van der Waals surface area contributed by atoms with E-state index in [0.29, 0.717) is 25.6 Å². The van der Waals surface area contributed by atoms with Crippen molar-refractivity contribution in [3.8, 4) is 5.82 Å². The van der Waals surface area contributed by atoms with Crippen molar-refractivity contribution >= 4 is 17.5 Å². The second-order valence-electron chi connectivity index (χ2n) is 8.15. The van der Waals surface area contributed by atoms with Gasteiger partial charge >= 0.3 is 0 Å². The molecule has 3 aromatic heterocycles. The molecule has 0 aliphatic carbocycles. The van der Waals surface area contributed by atoms with Gasteiger partial charge < -0.3 is 19.9 Å². The molecule has 2 aliphatic rings. The number of carbonyl (C=O) groups is 1. The number of rotatable bonds is 6. The summed E-state index contributed by atoms with van der Waals surface area (Å²) in [5, 5.41) is 15.7. The molecule has 0 atom stereocenters. The maximum Gasteiger partial charge on any atom is 0.223 e. The fourth-order valence-corrected chi connectivity index (χ4v) is 4.26. The van der Waals surface area contributed by atoms with Crippen molar-refractivity contribution in [2.45, 2.75) is 19.4 Å². The Balaban J connectivity index is 1.13. The van der Waals surface area contributed by atoms with Crippen molar-refractivity contribution in [1.29, 1.82) is 0 Å². The first-order valence-corrected chi connectivity index (χ1v) is 11.3. The first kappa shape index (κ1) is 21.3. The second-order valence-corrected chi connectivity index (χ2v) is 8.15. The van der Waals surface area contributed by atoms with E-state index in [1.165, 1.54) is 6.33 Å². The summed E-state index contributed by atoms with van der Waals surface area (Å²) in [6.07, 6.45) is 6.41. The SMILES string of the molecule is O=C(NCc1cccnc1N1CCOCC1)C1CCN(c2ccc(-n3cncn3)nn2)CC1. The van der Waals surface area contributed by atoms with Crippen LogP contribution in [0.1, 0.15) is 18.4 Å². The summed E-state index contributed by atoms with van der Waals surface area (Å²) in [5.41, 5.74) is 1.04. The van der Waals surface area contributed by atoms with E-state index >= 15 is 0 Å². The van der Waals surface area contributed by atoms with Gasteiger partial charge in [-0.05, 0) is 31.0 Å². The minimum atomic E-state index is -0.00728. The van der Waals surface area contributed by atoms with Crippen molar-refractivity contribution < 1.29 is 9.53 Å². The molecule has 2 saturated heterocycles.